The van der Waals surface area contributed by atoms with E-state index in [1.54, 1.807) is 6.07 Å². The lowest BCUT2D eigenvalue weighted by Crippen LogP contribution is -2.27. The van der Waals surface area contributed by atoms with Crippen molar-refractivity contribution in [2.75, 3.05) is 4.90 Å². The molecule has 0 fully saturated rings. The molecule has 0 bridgehead atoms. The molecule has 0 aliphatic carbocycles. The molecular formula is C17H19FN2. The second-order valence-corrected chi connectivity index (χ2v) is 5.52. The average Bonchev–Trinajstić information content (AvgIpc) is 2.74. The highest BCUT2D eigenvalue weighted by molar-refractivity contribution is 5.74. The summed E-state index contributed by atoms with van der Waals surface area (Å²) >= 11 is 0. The van der Waals surface area contributed by atoms with E-state index in [4.69, 9.17) is 5.73 Å². The number of nitrogens with two attached hydrogens (primary N) is 1. The van der Waals surface area contributed by atoms with Crippen molar-refractivity contribution in [1.29, 1.82) is 0 Å². The summed E-state index contributed by atoms with van der Waals surface area (Å²) in [6, 6.07) is 13.4. The Morgan fingerprint density at radius 1 is 1.20 bits per heavy atom. The Kier molecular flexibility index (Phi) is 3.22. The first-order chi connectivity index (χ1) is 9.59. The molecule has 104 valence electrons. The van der Waals surface area contributed by atoms with Crippen molar-refractivity contribution in [2.24, 2.45) is 5.73 Å². The van der Waals surface area contributed by atoms with Gasteiger partial charge in [0.1, 0.15) is 5.82 Å². The molecule has 1 aliphatic rings. The zero-order chi connectivity index (χ0) is 14.3. The largest absolute Gasteiger partial charge is 0.335 e. The first kappa shape index (κ1) is 13.1. The highest BCUT2D eigenvalue weighted by Gasteiger charge is 2.30. The monoisotopic (exact) mass is 270 g/mol. The molecule has 20 heavy (non-hydrogen) atoms. The fourth-order valence-electron chi connectivity index (χ4n) is 3.06. The number of para-hydroxylation sites is 2. The number of benzene rings is 2. The Balaban J connectivity index is 2.19. The van der Waals surface area contributed by atoms with Crippen molar-refractivity contribution in [2.45, 2.75) is 32.4 Å². The van der Waals surface area contributed by atoms with Gasteiger partial charge in [-0.25, -0.2) is 4.39 Å². The first-order valence-corrected chi connectivity index (χ1v) is 7.00. The van der Waals surface area contributed by atoms with E-state index in [1.165, 1.54) is 11.6 Å². The number of anilines is 2. The van der Waals surface area contributed by atoms with Gasteiger partial charge in [-0.2, -0.15) is 0 Å². The number of fused-ring (bicyclic) bond motifs is 1. The van der Waals surface area contributed by atoms with Crippen LogP contribution in [-0.4, -0.2) is 6.04 Å². The average molecular weight is 270 g/mol. The van der Waals surface area contributed by atoms with Gasteiger partial charge in [0.25, 0.3) is 0 Å². The van der Waals surface area contributed by atoms with Crippen molar-refractivity contribution in [3.05, 3.63) is 59.4 Å². The van der Waals surface area contributed by atoms with E-state index in [0.29, 0.717) is 5.69 Å². The molecule has 1 heterocycles. The highest BCUT2D eigenvalue weighted by Crippen LogP contribution is 2.41. The second-order valence-electron chi connectivity index (χ2n) is 5.52. The first-order valence-electron chi connectivity index (χ1n) is 7.00. The standard InChI is InChI=1S/C17H19FN2/c1-11-10-13-6-3-4-9-16(13)20(11)17-14(12(2)19)7-5-8-15(17)18/h3-9,11-12H,10,19H2,1-2H3/t11?,12-/m1/s1. The van der Waals surface area contributed by atoms with Crippen LogP contribution in [0.15, 0.2) is 42.5 Å². The van der Waals surface area contributed by atoms with Crippen molar-refractivity contribution >= 4 is 11.4 Å². The van der Waals surface area contributed by atoms with Gasteiger partial charge in [0.15, 0.2) is 0 Å². The van der Waals surface area contributed by atoms with Crippen molar-refractivity contribution in [3.8, 4) is 0 Å². The molecule has 0 aromatic heterocycles. The molecule has 3 rings (SSSR count). The summed E-state index contributed by atoms with van der Waals surface area (Å²) in [6.07, 6.45) is 0.933. The van der Waals surface area contributed by atoms with Gasteiger partial charge in [-0.3, -0.25) is 0 Å². The minimum absolute atomic E-state index is 0.194. The van der Waals surface area contributed by atoms with Gasteiger partial charge >= 0.3 is 0 Å². The SMILES string of the molecule is CC1Cc2ccccc2N1c1c(F)cccc1[C@@H](C)N. The predicted molar refractivity (Wildman–Crippen MR) is 80.7 cm³/mol. The second kappa shape index (κ2) is 4.91. The quantitative estimate of drug-likeness (QED) is 0.896. The van der Waals surface area contributed by atoms with E-state index in [2.05, 4.69) is 24.0 Å². The number of nitrogens with zero attached hydrogens (tertiary/aromatic N) is 1. The molecule has 2 aromatic rings. The Bertz CT molecular complexity index is 637. The lowest BCUT2D eigenvalue weighted by atomic mass is 10.0. The highest BCUT2D eigenvalue weighted by atomic mass is 19.1. The molecule has 2 N–H and O–H groups in total. The van der Waals surface area contributed by atoms with Gasteiger partial charge in [-0.1, -0.05) is 30.3 Å². The third kappa shape index (κ3) is 1.98. The lowest BCUT2D eigenvalue weighted by Gasteiger charge is -2.29. The third-order valence-electron chi connectivity index (χ3n) is 3.96. The van der Waals surface area contributed by atoms with Crippen LogP contribution in [0.4, 0.5) is 15.8 Å². The van der Waals surface area contributed by atoms with Crippen LogP contribution in [0.2, 0.25) is 0 Å². The van der Waals surface area contributed by atoms with Crippen LogP contribution in [0.25, 0.3) is 0 Å². The summed E-state index contributed by atoms with van der Waals surface area (Å²) < 4.78 is 14.4. The summed E-state index contributed by atoms with van der Waals surface area (Å²) in [4.78, 5) is 2.09. The van der Waals surface area contributed by atoms with E-state index in [-0.39, 0.29) is 17.9 Å². The molecule has 3 heteroatoms. The number of halogens is 1. The van der Waals surface area contributed by atoms with Gasteiger partial charge < -0.3 is 10.6 Å². The molecule has 2 aromatic carbocycles. The minimum atomic E-state index is -0.205. The summed E-state index contributed by atoms with van der Waals surface area (Å²) in [5, 5.41) is 0. The van der Waals surface area contributed by atoms with Crippen molar-refractivity contribution < 1.29 is 4.39 Å². The molecule has 0 saturated heterocycles. The molecule has 0 spiro atoms. The lowest BCUT2D eigenvalue weighted by molar-refractivity contribution is 0.611. The molecule has 1 aliphatic heterocycles. The molecule has 0 saturated carbocycles. The van der Waals surface area contributed by atoms with E-state index in [1.807, 2.05) is 25.1 Å². The Labute approximate surface area is 119 Å². The number of rotatable bonds is 2. The van der Waals surface area contributed by atoms with Crippen LogP contribution in [0.3, 0.4) is 0 Å². The van der Waals surface area contributed by atoms with Crippen LogP contribution in [0.5, 0.6) is 0 Å². The predicted octanol–water partition coefficient (Wildman–Crippen LogP) is 3.93. The molecule has 2 atom stereocenters. The van der Waals surface area contributed by atoms with Gasteiger partial charge in [0.05, 0.1) is 5.69 Å². The third-order valence-corrected chi connectivity index (χ3v) is 3.96. The Morgan fingerprint density at radius 2 is 1.95 bits per heavy atom. The van der Waals surface area contributed by atoms with Gasteiger partial charge in [-0.05, 0) is 43.5 Å². The normalized spacial score (nSPS) is 19.0. The van der Waals surface area contributed by atoms with E-state index < -0.39 is 0 Å². The zero-order valence-corrected chi connectivity index (χ0v) is 11.8. The topological polar surface area (TPSA) is 29.3 Å². The maximum atomic E-state index is 14.4. The Hall–Kier alpha value is -1.87. The minimum Gasteiger partial charge on any atom is -0.335 e. The van der Waals surface area contributed by atoms with Crippen LogP contribution in [0, 0.1) is 5.82 Å². The van der Waals surface area contributed by atoms with Gasteiger partial charge in [0.2, 0.25) is 0 Å². The van der Waals surface area contributed by atoms with E-state index >= 15 is 0 Å². The van der Waals surface area contributed by atoms with Gasteiger partial charge in [-0.15, -0.1) is 0 Å². The van der Waals surface area contributed by atoms with Crippen molar-refractivity contribution in [3.63, 3.8) is 0 Å². The summed E-state index contributed by atoms with van der Waals surface area (Å²) in [7, 11) is 0. The fraction of sp³-hybridized carbons (Fsp3) is 0.294. The maximum Gasteiger partial charge on any atom is 0.147 e. The summed E-state index contributed by atoms with van der Waals surface area (Å²) in [5.74, 6) is -0.205. The van der Waals surface area contributed by atoms with Crippen LogP contribution in [0.1, 0.15) is 31.0 Å². The van der Waals surface area contributed by atoms with Crippen LogP contribution >= 0.6 is 0 Å². The number of hydrogen-bond acceptors (Lipinski definition) is 2. The molecular weight excluding hydrogens is 251 g/mol. The summed E-state index contributed by atoms with van der Waals surface area (Å²) in [6.45, 7) is 4.02. The smallest absolute Gasteiger partial charge is 0.147 e. The Morgan fingerprint density at radius 3 is 2.70 bits per heavy atom. The van der Waals surface area contributed by atoms with E-state index in [0.717, 1.165) is 17.7 Å². The number of hydrogen-bond donors (Lipinski definition) is 1. The fourth-order valence-corrected chi connectivity index (χ4v) is 3.06. The molecule has 1 unspecified atom stereocenters. The molecule has 2 nitrogen and oxygen atoms in total. The van der Waals surface area contributed by atoms with Crippen molar-refractivity contribution in [1.82, 2.24) is 0 Å². The van der Waals surface area contributed by atoms with Crippen LogP contribution in [-0.2, 0) is 6.42 Å². The van der Waals surface area contributed by atoms with Crippen LogP contribution < -0.4 is 10.6 Å². The molecule has 0 radical (unpaired) electrons. The molecule has 0 amide bonds. The maximum absolute atomic E-state index is 14.4. The van der Waals surface area contributed by atoms with E-state index in [9.17, 15) is 4.39 Å². The zero-order valence-electron chi connectivity index (χ0n) is 11.8. The van der Waals surface area contributed by atoms with Gasteiger partial charge in [0, 0.05) is 17.8 Å². The summed E-state index contributed by atoms with van der Waals surface area (Å²) in [5.41, 5.74) is 9.86.